The van der Waals surface area contributed by atoms with Gasteiger partial charge < -0.3 is 24.3 Å². The summed E-state index contributed by atoms with van der Waals surface area (Å²) in [6.45, 7) is 1.08. The molecule has 0 fully saturated rings. The third-order valence-corrected chi connectivity index (χ3v) is 4.06. The van der Waals surface area contributed by atoms with Gasteiger partial charge in [-0.3, -0.25) is 14.4 Å². The zero-order valence-electron chi connectivity index (χ0n) is 16.7. The molecule has 2 aromatic rings. The Bertz CT molecular complexity index is 855. The molecular formula is C21H23NO7. The number of carbonyl (C=O) groups excluding carboxylic acids is 3. The summed E-state index contributed by atoms with van der Waals surface area (Å²) in [6.07, 6.45) is -0.969. The van der Waals surface area contributed by atoms with Gasteiger partial charge in [0.05, 0.1) is 21.3 Å². The first-order valence-electron chi connectivity index (χ1n) is 8.78. The Morgan fingerprint density at radius 1 is 0.897 bits per heavy atom. The van der Waals surface area contributed by atoms with Gasteiger partial charge in [-0.05, 0) is 19.1 Å². The van der Waals surface area contributed by atoms with Crippen LogP contribution in [0.3, 0.4) is 0 Å². The molecule has 0 aliphatic carbocycles. The van der Waals surface area contributed by atoms with Crippen LogP contribution >= 0.6 is 0 Å². The number of hydrogen-bond acceptors (Lipinski definition) is 7. The maximum absolute atomic E-state index is 12.4. The number of benzene rings is 2. The Labute approximate surface area is 168 Å². The predicted molar refractivity (Wildman–Crippen MR) is 105 cm³/mol. The predicted octanol–water partition coefficient (Wildman–Crippen LogP) is 2.26. The molecule has 0 saturated carbocycles. The van der Waals surface area contributed by atoms with Crippen molar-refractivity contribution in [1.29, 1.82) is 0 Å². The van der Waals surface area contributed by atoms with E-state index in [1.54, 1.807) is 30.3 Å². The molecular weight excluding hydrogens is 378 g/mol. The minimum Gasteiger partial charge on any atom is -0.493 e. The number of esters is 1. The number of nitrogens with one attached hydrogen (secondary N) is 1. The average Bonchev–Trinajstić information content (AvgIpc) is 2.76. The van der Waals surface area contributed by atoms with Crippen LogP contribution in [0.2, 0.25) is 0 Å². The highest BCUT2D eigenvalue weighted by atomic mass is 16.5. The van der Waals surface area contributed by atoms with E-state index in [1.165, 1.54) is 40.4 Å². The van der Waals surface area contributed by atoms with Gasteiger partial charge in [0.15, 0.2) is 17.6 Å². The van der Waals surface area contributed by atoms with Gasteiger partial charge in [0.1, 0.15) is 6.54 Å². The third kappa shape index (κ3) is 5.47. The fourth-order valence-corrected chi connectivity index (χ4v) is 2.60. The summed E-state index contributed by atoms with van der Waals surface area (Å²) < 4.78 is 20.7. The van der Waals surface area contributed by atoms with Crippen molar-refractivity contribution in [1.82, 2.24) is 5.32 Å². The molecule has 29 heavy (non-hydrogen) atoms. The summed E-state index contributed by atoms with van der Waals surface area (Å²) >= 11 is 0. The molecule has 0 aromatic heterocycles. The second-order valence-electron chi connectivity index (χ2n) is 5.96. The largest absolute Gasteiger partial charge is 0.493 e. The molecule has 0 heterocycles. The second-order valence-corrected chi connectivity index (χ2v) is 5.96. The fraction of sp³-hybridized carbons (Fsp3) is 0.286. The lowest BCUT2D eigenvalue weighted by atomic mass is 10.1. The molecule has 1 N–H and O–H groups in total. The first-order chi connectivity index (χ1) is 13.9. The van der Waals surface area contributed by atoms with E-state index in [9.17, 15) is 14.4 Å². The standard InChI is InChI=1S/C21H23NO7/c1-13(19(24)14-8-6-5-7-9-14)29-18(23)12-22-21(25)15-10-16(26-2)20(28-4)17(11-15)27-3/h5-11,13H,12H2,1-4H3,(H,22,25)/t13-/m0/s1. The van der Waals surface area contributed by atoms with Crippen LogP contribution in [0.1, 0.15) is 27.6 Å². The summed E-state index contributed by atoms with van der Waals surface area (Å²) in [6, 6.07) is 11.4. The Morgan fingerprint density at radius 2 is 1.48 bits per heavy atom. The quantitative estimate of drug-likeness (QED) is 0.508. The SMILES string of the molecule is COc1cc(C(=O)NCC(=O)O[C@@H](C)C(=O)c2ccccc2)cc(OC)c1OC. The first-order valence-corrected chi connectivity index (χ1v) is 8.78. The van der Waals surface area contributed by atoms with Gasteiger partial charge >= 0.3 is 5.97 Å². The smallest absolute Gasteiger partial charge is 0.326 e. The van der Waals surface area contributed by atoms with Crippen LogP contribution in [0.15, 0.2) is 42.5 Å². The lowest BCUT2D eigenvalue weighted by Gasteiger charge is -2.15. The highest BCUT2D eigenvalue weighted by Gasteiger charge is 2.21. The van der Waals surface area contributed by atoms with Crippen LogP contribution in [0.4, 0.5) is 0 Å². The van der Waals surface area contributed by atoms with Gasteiger partial charge in [-0.15, -0.1) is 0 Å². The number of amides is 1. The third-order valence-electron chi connectivity index (χ3n) is 4.06. The van der Waals surface area contributed by atoms with E-state index in [0.29, 0.717) is 22.8 Å². The van der Waals surface area contributed by atoms with E-state index in [-0.39, 0.29) is 11.3 Å². The van der Waals surface area contributed by atoms with Crippen molar-refractivity contribution < 1.29 is 33.3 Å². The number of carbonyl (C=O) groups is 3. The average molecular weight is 401 g/mol. The van der Waals surface area contributed by atoms with E-state index < -0.39 is 24.5 Å². The minimum atomic E-state index is -0.969. The van der Waals surface area contributed by atoms with E-state index >= 15 is 0 Å². The topological polar surface area (TPSA) is 100 Å². The minimum absolute atomic E-state index is 0.209. The number of hydrogen-bond donors (Lipinski definition) is 1. The summed E-state index contributed by atoms with van der Waals surface area (Å²) in [5.74, 6) is -0.636. The summed E-state index contributed by atoms with van der Waals surface area (Å²) in [7, 11) is 4.32. The van der Waals surface area contributed by atoms with Crippen molar-refractivity contribution in [3.63, 3.8) is 0 Å². The van der Waals surface area contributed by atoms with Gasteiger partial charge in [0.2, 0.25) is 11.5 Å². The van der Waals surface area contributed by atoms with Crippen LogP contribution in [0.25, 0.3) is 0 Å². The second kappa shape index (κ2) is 10.1. The Balaban J connectivity index is 1.98. The number of rotatable bonds is 9. The fourth-order valence-electron chi connectivity index (χ4n) is 2.60. The number of ketones is 1. The van der Waals surface area contributed by atoms with E-state index in [0.717, 1.165) is 0 Å². The van der Waals surface area contributed by atoms with Crippen LogP contribution in [0.5, 0.6) is 17.2 Å². The van der Waals surface area contributed by atoms with E-state index in [2.05, 4.69) is 5.32 Å². The summed E-state index contributed by atoms with van der Waals surface area (Å²) in [5.41, 5.74) is 0.648. The van der Waals surface area contributed by atoms with Crippen LogP contribution in [-0.4, -0.2) is 51.6 Å². The van der Waals surface area contributed by atoms with E-state index in [1.807, 2.05) is 0 Å². The van der Waals surface area contributed by atoms with Gasteiger partial charge in [-0.1, -0.05) is 30.3 Å². The molecule has 0 saturated heterocycles. The first kappa shape index (κ1) is 21.7. The monoisotopic (exact) mass is 401 g/mol. The molecule has 1 atom stereocenters. The number of Topliss-reactive ketones (excluding diaryl/α,β-unsaturated/α-hetero) is 1. The van der Waals surface area contributed by atoms with Crippen molar-refractivity contribution in [2.75, 3.05) is 27.9 Å². The van der Waals surface area contributed by atoms with Crippen LogP contribution < -0.4 is 19.5 Å². The normalized spacial score (nSPS) is 11.2. The molecule has 0 radical (unpaired) electrons. The molecule has 0 spiro atoms. The molecule has 0 aliphatic heterocycles. The van der Waals surface area contributed by atoms with Crippen molar-refractivity contribution in [3.8, 4) is 17.2 Å². The van der Waals surface area contributed by atoms with Gasteiger partial charge in [-0.2, -0.15) is 0 Å². The van der Waals surface area contributed by atoms with Gasteiger partial charge in [0, 0.05) is 11.1 Å². The molecule has 0 aliphatic rings. The maximum atomic E-state index is 12.4. The molecule has 8 nitrogen and oxygen atoms in total. The number of methoxy groups -OCH3 is 3. The van der Waals surface area contributed by atoms with E-state index in [4.69, 9.17) is 18.9 Å². The Morgan fingerprint density at radius 3 is 2.00 bits per heavy atom. The lowest BCUT2D eigenvalue weighted by molar-refractivity contribution is -0.145. The Hall–Kier alpha value is -3.55. The molecule has 0 bridgehead atoms. The van der Waals surface area contributed by atoms with Crippen LogP contribution in [0, 0.1) is 0 Å². The van der Waals surface area contributed by atoms with Gasteiger partial charge in [-0.25, -0.2) is 0 Å². The molecule has 2 rings (SSSR count). The van der Waals surface area contributed by atoms with Crippen molar-refractivity contribution >= 4 is 17.7 Å². The zero-order valence-corrected chi connectivity index (χ0v) is 16.7. The lowest BCUT2D eigenvalue weighted by Crippen LogP contribution is -2.34. The maximum Gasteiger partial charge on any atom is 0.326 e. The highest BCUT2D eigenvalue weighted by molar-refractivity contribution is 6.00. The molecule has 8 heteroatoms. The molecule has 154 valence electrons. The molecule has 1 amide bonds. The van der Waals surface area contributed by atoms with Crippen LogP contribution in [-0.2, 0) is 9.53 Å². The summed E-state index contributed by atoms with van der Waals surface area (Å²) in [5, 5.41) is 2.45. The van der Waals surface area contributed by atoms with Crippen molar-refractivity contribution in [2.24, 2.45) is 0 Å². The molecule has 0 unspecified atom stereocenters. The molecule has 2 aromatic carbocycles. The van der Waals surface area contributed by atoms with Gasteiger partial charge in [0.25, 0.3) is 5.91 Å². The summed E-state index contributed by atoms with van der Waals surface area (Å²) in [4.78, 5) is 36.6. The number of ether oxygens (including phenoxy) is 4. The Kier molecular flexibility index (Phi) is 7.59. The van der Waals surface area contributed by atoms with Crippen molar-refractivity contribution in [2.45, 2.75) is 13.0 Å². The highest BCUT2D eigenvalue weighted by Crippen LogP contribution is 2.38. The van der Waals surface area contributed by atoms with Crippen molar-refractivity contribution in [3.05, 3.63) is 53.6 Å². The zero-order chi connectivity index (χ0) is 21.4.